The van der Waals surface area contributed by atoms with Crippen LogP contribution in [-0.2, 0) is 9.59 Å². The minimum absolute atomic E-state index is 0.229. The van der Waals surface area contributed by atoms with Gasteiger partial charge in [-0.15, -0.1) is 0 Å². The zero-order valence-electron chi connectivity index (χ0n) is 7.69. The standard InChI is InChI=1S/C10H10O4/c1-7(11)8(6-10(12)13)5-9-3-2-4-14-9/h2-5H,6H2,1H3,(H,12,13)/b8-5+. The summed E-state index contributed by atoms with van der Waals surface area (Å²) in [6, 6.07) is 3.33. The third kappa shape index (κ3) is 2.90. The molecule has 0 aromatic carbocycles. The van der Waals surface area contributed by atoms with E-state index in [9.17, 15) is 9.59 Å². The highest BCUT2D eigenvalue weighted by molar-refractivity contribution is 6.01. The summed E-state index contributed by atoms with van der Waals surface area (Å²) < 4.78 is 4.97. The minimum atomic E-state index is -1.03. The second kappa shape index (κ2) is 4.41. The molecule has 0 aliphatic rings. The van der Waals surface area contributed by atoms with Crippen molar-refractivity contribution >= 4 is 17.8 Å². The van der Waals surface area contributed by atoms with Crippen LogP contribution in [0.25, 0.3) is 6.08 Å². The van der Waals surface area contributed by atoms with E-state index in [0.29, 0.717) is 5.76 Å². The lowest BCUT2D eigenvalue weighted by Gasteiger charge is -1.97. The van der Waals surface area contributed by atoms with Gasteiger partial charge < -0.3 is 9.52 Å². The number of carbonyl (C=O) groups is 2. The number of carboxylic acids is 1. The van der Waals surface area contributed by atoms with Gasteiger partial charge in [-0.05, 0) is 25.1 Å². The minimum Gasteiger partial charge on any atom is -0.481 e. The number of carbonyl (C=O) groups excluding carboxylic acids is 1. The molecular formula is C10H10O4. The molecule has 0 spiro atoms. The summed E-state index contributed by atoms with van der Waals surface area (Å²) in [6.07, 6.45) is 2.62. The molecule has 0 atom stereocenters. The molecule has 4 heteroatoms. The molecule has 4 nitrogen and oxygen atoms in total. The maximum absolute atomic E-state index is 11.0. The molecule has 1 aromatic heterocycles. The van der Waals surface area contributed by atoms with Gasteiger partial charge in [0.1, 0.15) is 5.76 Å². The second-order valence-electron chi connectivity index (χ2n) is 2.81. The highest BCUT2D eigenvalue weighted by Gasteiger charge is 2.09. The van der Waals surface area contributed by atoms with Crippen LogP contribution < -0.4 is 0 Å². The quantitative estimate of drug-likeness (QED) is 0.741. The molecular weight excluding hydrogens is 184 g/mol. The van der Waals surface area contributed by atoms with E-state index >= 15 is 0 Å². The monoisotopic (exact) mass is 194 g/mol. The van der Waals surface area contributed by atoms with Crippen molar-refractivity contribution in [2.24, 2.45) is 0 Å². The molecule has 0 saturated carbocycles. The van der Waals surface area contributed by atoms with E-state index < -0.39 is 5.97 Å². The molecule has 0 bridgehead atoms. The predicted octanol–water partition coefficient (Wildman–Crippen LogP) is 1.73. The summed E-state index contributed by atoms with van der Waals surface area (Å²) >= 11 is 0. The zero-order chi connectivity index (χ0) is 10.6. The van der Waals surface area contributed by atoms with Gasteiger partial charge in [0.25, 0.3) is 0 Å². The number of Topliss-reactive ketones (excluding diaryl/α,β-unsaturated/α-hetero) is 1. The summed E-state index contributed by atoms with van der Waals surface area (Å²) in [4.78, 5) is 21.5. The van der Waals surface area contributed by atoms with E-state index in [-0.39, 0.29) is 17.8 Å². The van der Waals surface area contributed by atoms with Gasteiger partial charge in [-0.1, -0.05) is 0 Å². The number of hydrogen-bond acceptors (Lipinski definition) is 3. The van der Waals surface area contributed by atoms with Gasteiger partial charge in [-0.3, -0.25) is 9.59 Å². The van der Waals surface area contributed by atoms with Crippen LogP contribution in [0.4, 0.5) is 0 Å². The Kier molecular flexibility index (Phi) is 3.23. The molecule has 0 saturated heterocycles. The van der Waals surface area contributed by atoms with Crippen molar-refractivity contribution in [1.29, 1.82) is 0 Å². The maximum atomic E-state index is 11.0. The van der Waals surface area contributed by atoms with Crippen LogP contribution in [0.1, 0.15) is 19.1 Å². The fourth-order valence-corrected chi connectivity index (χ4v) is 0.985. The molecule has 0 unspecified atom stereocenters. The summed E-state index contributed by atoms with van der Waals surface area (Å²) in [6.45, 7) is 1.33. The van der Waals surface area contributed by atoms with Gasteiger partial charge in [0, 0.05) is 5.57 Å². The molecule has 0 fully saturated rings. The lowest BCUT2D eigenvalue weighted by atomic mass is 10.1. The van der Waals surface area contributed by atoms with Crippen LogP contribution in [-0.4, -0.2) is 16.9 Å². The van der Waals surface area contributed by atoms with Gasteiger partial charge >= 0.3 is 5.97 Å². The SMILES string of the molecule is CC(=O)/C(=C/c1ccco1)CC(=O)O. The van der Waals surface area contributed by atoms with E-state index in [1.54, 1.807) is 12.1 Å². The molecule has 74 valence electrons. The molecule has 1 N–H and O–H groups in total. The third-order valence-electron chi connectivity index (χ3n) is 1.65. The maximum Gasteiger partial charge on any atom is 0.307 e. The Morgan fingerprint density at radius 2 is 2.29 bits per heavy atom. The van der Waals surface area contributed by atoms with Crippen LogP contribution in [0.15, 0.2) is 28.4 Å². The molecule has 0 aliphatic heterocycles. The summed E-state index contributed by atoms with van der Waals surface area (Å²) in [5, 5.41) is 8.54. The molecule has 0 amide bonds. The average molecular weight is 194 g/mol. The fraction of sp³-hybridized carbons (Fsp3) is 0.200. The van der Waals surface area contributed by atoms with Crippen LogP contribution in [0.2, 0.25) is 0 Å². The van der Waals surface area contributed by atoms with Crippen molar-refractivity contribution in [2.45, 2.75) is 13.3 Å². The van der Waals surface area contributed by atoms with Crippen molar-refractivity contribution in [1.82, 2.24) is 0 Å². The summed E-state index contributed by atoms with van der Waals surface area (Å²) in [5.74, 6) is -0.807. The lowest BCUT2D eigenvalue weighted by molar-refractivity contribution is -0.136. The summed E-state index contributed by atoms with van der Waals surface area (Å²) in [7, 11) is 0. The van der Waals surface area contributed by atoms with Crippen LogP contribution in [0.5, 0.6) is 0 Å². The molecule has 14 heavy (non-hydrogen) atoms. The van der Waals surface area contributed by atoms with E-state index in [0.717, 1.165) is 0 Å². The van der Waals surface area contributed by atoms with Crippen molar-refractivity contribution in [3.8, 4) is 0 Å². The first kappa shape index (κ1) is 10.2. The first-order valence-corrected chi connectivity index (χ1v) is 4.06. The highest BCUT2D eigenvalue weighted by Crippen LogP contribution is 2.11. The van der Waals surface area contributed by atoms with Crippen LogP contribution >= 0.6 is 0 Å². The number of ketones is 1. The van der Waals surface area contributed by atoms with Gasteiger partial charge in [0.05, 0.1) is 12.7 Å². The number of furan rings is 1. The fourth-order valence-electron chi connectivity index (χ4n) is 0.985. The Balaban J connectivity index is 2.88. The van der Waals surface area contributed by atoms with Gasteiger partial charge in [0.2, 0.25) is 0 Å². The zero-order valence-corrected chi connectivity index (χ0v) is 7.69. The van der Waals surface area contributed by atoms with Crippen molar-refractivity contribution in [3.63, 3.8) is 0 Å². The summed E-state index contributed by atoms with van der Waals surface area (Å²) in [5.41, 5.74) is 0.229. The molecule has 0 aliphatic carbocycles. The topological polar surface area (TPSA) is 67.5 Å². The van der Waals surface area contributed by atoms with E-state index in [2.05, 4.69) is 0 Å². The predicted molar refractivity (Wildman–Crippen MR) is 49.6 cm³/mol. The van der Waals surface area contributed by atoms with Crippen LogP contribution in [0.3, 0.4) is 0 Å². The Hall–Kier alpha value is -1.84. The first-order valence-electron chi connectivity index (χ1n) is 4.06. The van der Waals surface area contributed by atoms with E-state index in [1.165, 1.54) is 19.3 Å². The normalized spacial score (nSPS) is 11.4. The number of hydrogen-bond donors (Lipinski definition) is 1. The Bertz CT molecular complexity index is 359. The van der Waals surface area contributed by atoms with Crippen LogP contribution in [0, 0.1) is 0 Å². The smallest absolute Gasteiger partial charge is 0.307 e. The lowest BCUT2D eigenvalue weighted by Crippen LogP contribution is -2.03. The molecule has 0 radical (unpaired) electrons. The van der Waals surface area contributed by atoms with E-state index in [4.69, 9.17) is 9.52 Å². The van der Waals surface area contributed by atoms with Crippen molar-refractivity contribution in [2.75, 3.05) is 0 Å². The number of carboxylic acid groups (broad SMARTS) is 1. The molecule has 1 rings (SSSR count). The largest absolute Gasteiger partial charge is 0.481 e. The van der Waals surface area contributed by atoms with Gasteiger partial charge in [-0.2, -0.15) is 0 Å². The average Bonchev–Trinajstić information content (AvgIpc) is 2.54. The molecule has 1 aromatic rings. The van der Waals surface area contributed by atoms with Gasteiger partial charge in [0.15, 0.2) is 5.78 Å². The second-order valence-corrected chi connectivity index (χ2v) is 2.81. The third-order valence-corrected chi connectivity index (χ3v) is 1.65. The van der Waals surface area contributed by atoms with E-state index in [1.807, 2.05) is 0 Å². The van der Waals surface area contributed by atoms with Crippen molar-refractivity contribution in [3.05, 3.63) is 29.7 Å². The van der Waals surface area contributed by atoms with Gasteiger partial charge in [-0.25, -0.2) is 0 Å². The number of aliphatic carboxylic acids is 1. The number of rotatable bonds is 4. The highest BCUT2D eigenvalue weighted by atomic mass is 16.4. The van der Waals surface area contributed by atoms with Crippen molar-refractivity contribution < 1.29 is 19.1 Å². The first-order chi connectivity index (χ1) is 6.59. The molecule has 1 heterocycles. The Morgan fingerprint density at radius 3 is 2.71 bits per heavy atom. The Labute approximate surface area is 80.8 Å². The Morgan fingerprint density at radius 1 is 1.57 bits per heavy atom.